The molecule has 1 aliphatic carbocycles. The van der Waals surface area contributed by atoms with Crippen molar-refractivity contribution in [1.29, 1.82) is 0 Å². The minimum absolute atomic E-state index is 0.791. The van der Waals surface area contributed by atoms with Crippen LogP contribution >= 0.6 is 11.3 Å². The van der Waals surface area contributed by atoms with Crippen LogP contribution in [-0.2, 0) is 17.6 Å². The molecular weight excluding hydrogens is 384 g/mol. The molecule has 0 unspecified atom stereocenters. The number of hydrogen-bond acceptors (Lipinski definition) is 8. The van der Waals surface area contributed by atoms with Gasteiger partial charge in [-0.15, -0.1) is 11.3 Å². The van der Waals surface area contributed by atoms with E-state index in [1.165, 1.54) is 39.9 Å². The van der Waals surface area contributed by atoms with E-state index in [-0.39, 0.29) is 0 Å². The second kappa shape index (κ2) is 7.34. The molecule has 152 valence electrons. The van der Waals surface area contributed by atoms with Gasteiger partial charge in [0.2, 0.25) is 0 Å². The number of nitrogens with one attached hydrogen (secondary N) is 1. The van der Waals surface area contributed by atoms with Crippen LogP contribution in [0.25, 0.3) is 20.4 Å². The lowest BCUT2D eigenvalue weighted by Gasteiger charge is -2.31. The summed E-state index contributed by atoms with van der Waals surface area (Å²) in [6.07, 6.45) is 6.50. The number of aryl methyl sites for hydroxylation is 1. The first-order chi connectivity index (χ1) is 14.4. The number of piperazine rings is 1. The van der Waals surface area contributed by atoms with Crippen LogP contribution in [-0.4, -0.2) is 67.4 Å². The summed E-state index contributed by atoms with van der Waals surface area (Å²) in [5.41, 5.74) is 4.04. The van der Waals surface area contributed by atoms with E-state index in [4.69, 9.17) is 19.7 Å². The fraction of sp³-hybridized carbons (Fsp3) is 0.571. The average molecular weight is 411 g/mol. The predicted molar refractivity (Wildman–Crippen MR) is 117 cm³/mol. The van der Waals surface area contributed by atoms with Crippen molar-refractivity contribution in [3.05, 3.63) is 17.5 Å². The Hall–Kier alpha value is -2.03. The van der Waals surface area contributed by atoms with Crippen molar-refractivity contribution in [2.24, 2.45) is 0 Å². The van der Waals surface area contributed by atoms with Crippen molar-refractivity contribution >= 4 is 43.4 Å². The number of nitrogens with zero attached hydrogens (tertiary/aromatic N) is 5. The number of pyridine rings is 1. The number of morpholine rings is 1. The lowest BCUT2D eigenvalue weighted by atomic mass is 9.90. The molecule has 3 aliphatic rings. The molecule has 3 aromatic rings. The van der Waals surface area contributed by atoms with Crippen LogP contribution in [0.2, 0.25) is 0 Å². The first kappa shape index (κ1) is 17.8. The summed E-state index contributed by atoms with van der Waals surface area (Å²) in [6.45, 7) is 7.44. The van der Waals surface area contributed by atoms with Gasteiger partial charge in [-0.05, 0) is 36.8 Å². The maximum Gasteiger partial charge on any atom is 0.150 e. The molecule has 29 heavy (non-hydrogen) atoms. The van der Waals surface area contributed by atoms with E-state index >= 15 is 0 Å². The van der Waals surface area contributed by atoms with Crippen LogP contribution in [0.3, 0.4) is 0 Å². The van der Waals surface area contributed by atoms with Gasteiger partial charge in [-0.25, -0.2) is 15.0 Å². The highest BCUT2D eigenvalue weighted by Crippen LogP contribution is 2.43. The van der Waals surface area contributed by atoms with E-state index in [1.807, 2.05) is 0 Å². The highest BCUT2D eigenvalue weighted by atomic mass is 32.1. The van der Waals surface area contributed by atoms with Crippen molar-refractivity contribution in [2.45, 2.75) is 25.7 Å². The standard InChI is InChI=1S/C21H26N6OS/c1-2-4-15-14(3-1)16-17-18(20(24-13-23-17)26-7-5-22-6-8-26)29-21(16)25-19(15)27-9-11-28-12-10-27/h13,22H,1-12H2. The van der Waals surface area contributed by atoms with Gasteiger partial charge >= 0.3 is 0 Å². The van der Waals surface area contributed by atoms with Gasteiger partial charge in [-0.1, -0.05) is 0 Å². The SMILES string of the molecule is c1nc(N2CCNCC2)c2sc3nc(N4CCOCC4)c4c(c3c2n1)CCCC4. The highest BCUT2D eigenvalue weighted by Gasteiger charge is 2.27. The molecule has 0 bridgehead atoms. The molecule has 0 amide bonds. The Morgan fingerprint density at radius 2 is 1.66 bits per heavy atom. The van der Waals surface area contributed by atoms with Crippen LogP contribution < -0.4 is 15.1 Å². The van der Waals surface area contributed by atoms with E-state index in [2.05, 4.69) is 15.1 Å². The fourth-order valence-electron chi connectivity index (χ4n) is 4.97. The maximum atomic E-state index is 5.59. The summed E-state index contributed by atoms with van der Waals surface area (Å²) in [5.74, 6) is 2.27. The second-order valence-electron chi connectivity index (χ2n) is 8.09. The van der Waals surface area contributed by atoms with Crippen molar-refractivity contribution in [3.8, 4) is 0 Å². The molecule has 0 spiro atoms. The number of thiophene rings is 1. The molecule has 0 atom stereocenters. The summed E-state index contributed by atoms with van der Waals surface area (Å²) in [7, 11) is 0. The Kier molecular flexibility index (Phi) is 4.50. The molecule has 2 saturated heterocycles. The minimum atomic E-state index is 0.791. The number of rotatable bonds is 2. The molecule has 8 heteroatoms. The quantitative estimate of drug-likeness (QED) is 0.696. The molecule has 3 aromatic heterocycles. The van der Waals surface area contributed by atoms with E-state index in [0.717, 1.165) is 81.5 Å². The molecule has 2 aliphatic heterocycles. The summed E-state index contributed by atoms with van der Waals surface area (Å²) < 4.78 is 6.79. The third kappa shape index (κ3) is 2.96. The third-order valence-electron chi connectivity index (χ3n) is 6.41. The van der Waals surface area contributed by atoms with Crippen LogP contribution in [0.5, 0.6) is 0 Å². The zero-order chi connectivity index (χ0) is 19.2. The van der Waals surface area contributed by atoms with Gasteiger partial charge in [-0.2, -0.15) is 0 Å². The van der Waals surface area contributed by atoms with E-state index in [0.29, 0.717) is 0 Å². The molecule has 1 N–H and O–H groups in total. The highest BCUT2D eigenvalue weighted by molar-refractivity contribution is 7.26. The van der Waals surface area contributed by atoms with Crippen LogP contribution in [0.4, 0.5) is 11.6 Å². The number of ether oxygens (including phenoxy) is 1. The third-order valence-corrected chi connectivity index (χ3v) is 7.48. The zero-order valence-corrected chi connectivity index (χ0v) is 17.4. The summed E-state index contributed by atoms with van der Waals surface area (Å²) in [6, 6.07) is 0. The molecule has 0 aromatic carbocycles. The molecule has 0 radical (unpaired) electrons. The Morgan fingerprint density at radius 1 is 0.897 bits per heavy atom. The second-order valence-corrected chi connectivity index (χ2v) is 9.09. The summed E-state index contributed by atoms with van der Waals surface area (Å²) in [5, 5.41) is 4.72. The van der Waals surface area contributed by atoms with Gasteiger partial charge in [0.05, 0.1) is 23.4 Å². The molecule has 5 heterocycles. The van der Waals surface area contributed by atoms with Gasteiger partial charge in [0.25, 0.3) is 0 Å². The molecule has 6 rings (SSSR count). The van der Waals surface area contributed by atoms with Gasteiger partial charge in [0, 0.05) is 44.7 Å². The minimum Gasteiger partial charge on any atom is -0.378 e. The normalized spacial score (nSPS) is 20.4. The van der Waals surface area contributed by atoms with Gasteiger partial charge in [0.1, 0.15) is 22.8 Å². The Morgan fingerprint density at radius 3 is 2.48 bits per heavy atom. The maximum absolute atomic E-state index is 5.59. The molecule has 2 fully saturated rings. The van der Waals surface area contributed by atoms with E-state index < -0.39 is 0 Å². The Bertz CT molecular complexity index is 1050. The lowest BCUT2D eigenvalue weighted by Crippen LogP contribution is -2.43. The van der Waals surface area contributed by atoms with Gasteiger partial charge < -0.3 is 19.9 Å². The number of hydrogen-bond donors (Lipinski definition) is 1. The van der Waals surface area contributed by atoms with Crippen LogP contribution in [0.1, 0.15) is 24.0 Å². The van der Waals surface area contributed by atoms with Crippen molar-refractivity contribution in [1.82, 2.24) is 20.3 Å². The fourth-order valence-corrected chi connectivity index (χ4v) is 6.14. The average Bonchev–Trinajstić information content (AvgIpc) is 3.18. The van der Waals surface area contributed by atoms with E-state index in [9.17, 15) is 0 Å². The Balaban J connectivity index is 1.57. The molecular formula is C21H26N6OS. The smallest absolute Gasteiger partial charge is 0.150 e. The first-order valence-corrected chi connectivity index (χ1v) is 11.6. The largest absolute Gasteiger partial charge is 0.378 e. The van der Waals surface area contributed by atoms with Crippen molar-refractivity contribution in [2.75, 3.05) is 62.3 Å². The lowest BCUT2D eigenvalue weighted by molar-refractivity contribution is 0.122. The van der Waals surface area contributed by atoms with Crippen molar-refractivity contribution in [3.63, 3.8) is 0 Å². The number of anilines is 2. The first-order valence-electron chi connectivity index (χ1n) is 10.8. The zero-order valence-electron chi connectivity index (χ0n) is 16.6. The summed E-state index contributed by atoms with van der Waals surface area (Å²) in [4.78, 5) is 20.6. The van der Waals surface area contributed by atoms with Gasteiger partial charge in [0.15, 0.2) is 0 Å². The molecule has 7 nitrogen and oxygen atoms in total. The Labute approximate surface area is 174 Å². The topological polar surface area (TPSA) is 66.4 Å². The van der Waals surface area contributed by atoms with Crippen molar-refractivity contribution < 1.29 is 4.74 Å². The summed E-state index contributed by atoms with van der Waals surface area (Å²) >= 11 is 1.78. The van der Waals surface area contributed by atoms with E-state index in [1.54, 1.807) is 17.7 Å². The van der Waals surface area contributed by atoms with Gasteiger partial charge in [-0.3, -0.25) is 0 Å². The number of fused-ring (bicyclic) bond motifs is 5. The predicted octanol–water partition coefficient (Wildman–Crippen LogP) is 2.36. The number of aromatic nitrogens is 3. The molecule has 0 saturated carbocycles. The monoisotopic (exact) mass is 410 g/mol. The van der Waals surface area contributed by atoms with Crippen LogP contribution in [0.15, 0.2) is 6.33 Å². The van der Waals surface area contributed by atoms with Crippen LogP contribution in [0, 0.1) is 0 Å².